The Bertz CT molecular complexity index is 587. The Kier molecular flexibility index (Phi) is 3.25. The maximum Gasteiger partial charge on any atom is 0.325 e. The number of imide groups is 1. The minimum atomic E-state index is -0.823. The smallest absolute Gasteiger partial charge is 0.322 e. The maximum atomic E-state index is 13.5. The van der Waals surface area contributed by atoms with Gasteiger partial charge in [-0.15, -0.1) is 0 Å². The number of hydrogen-bond donors (Lipinski definition) is 2. The van der Waals surface area contributed by atoms with Gasteiger partial charge in [0.2, 0.25) is 0 Å². The Morgan fingerprint density at radius 3 is 2.90 bits per heavy atom. The number of nitrogens with one attached hydrogen (secondary N) is 2. The predicted molar refractivity (Wildman–Crippen MR) is 73.4 cm³/mol. The van der Waals surface area contributed by atoms with Crippen LogP contribution in [-0.2, 0) is 11.3 Å². The van der Waals surface area contributed by atoms with Gasteiger partial charge >= 0.3 is 6.03 Å². The molecule has 0 aliphatic carbocycles. The van der Waals surface area contributed by atoms with Crippen LogP contribution in [0.25, 0.3) is 0 Å². The highest BCUT2D eigenvalue weighted by Gasteiger charge is 2.52. The number of benzene rings is 1. The second-order valence-electron chi connectivity index (χ2n) is 5.04. The number of rotatable bonds is 2. The first-order valence-electron chi connectivity index (χ1n) is 6.31. The average molecular weight is 342 g/mol. The van der Waals surface area contributed by atoms with E-state index in [2.05, 4.69) is 26.6 Å². The minimum Gasteiger partial charge on any atom is -0.322 e. The molecular weight excluding hydrogens is 329 g/mol. The lowest BCUT2D eigenvalue weighted by Gasteiger charge is -2.19. The second kappa shape index (κ2) is 4.82. The van der Waals surface area contributed by atoms with Gasteiger partial charge in [0.25, 0.3) is 5.91 Å². The second-order valence-corrected chi connectivity index (χ2v) is 5.84. The number of nitrogens with zero attached hydrogens (tertiary/aromatic N) is 1. The lowest BCUT2D eigenvalue weighted by atomic mass is 9.99. The van der Waals surface area contributed by atoms with E-state index in [4.69, 9.17) is 0 Å². The van der Waals surface area contributed by atoms with Crippen LogP contribution >= 0.6 is 15.9 Å². The van der Waals surface area contributed by atoms with Crippen LogP contribution in [0.2, 0.25) is 0 Å². The highest BCUT2D eigenvalue weighted by Crippen LogP contribution is 2.28. The van der Waals surface area contributed by atoms with E-state index in [1.807, 2.05) is 0 Å². The van der Waals surface area contributed by atoms with Gasteiger partial charge in [-0.2, -0.15) is 0 Å². The molecule has 2 saturated heterocycles. The molecule has 1 unspecified atom stereocenters. The molecule has 2 fully saturated rings. The van der Waals surface area contributed by atoms with Gasteiger partial charge < -0.3 is 10.6 Å². The first kappa shape index (κ1) is 13.5. The van der Waals surface area contributed by atoms with Crippen molar-refractivity contribution in [3.05, 3.63) is 34.1 Å². The molecule has 5 nitrogen and oxygen atoms in total. The third kappa shape index (κ3) is 2.01. The minimum absolute atomic E-state index is 0.0603. The van der Waals surface area contributed by atoms with E-state index in [1.54, 1.807) is 12.1 Å². The van der Waals surface area contributed by atoms with E-state index in [0.717, 1.165) is 4.90 Å². The van der Waals surface area contributed by atoms with Crippen molar-refractivity contribution >= 4 is 27.9 Å². The molecule has 1 aromatic carbocycles. The highest BCUT2D eigenvalue weighted by atomic mass is 79.9. The average Bonchev–Trinajstić information content (AvgIpc) is 2.96. The fourth-order valence-corrected chi connectivity index (χ4v) is 3.03. The number of amides is 3. The van der Waals surface area contributed by atoms with Crippen molar-refractivity contribution in [2.24, 2.45) is 0 Å². The molecule has 2 aliphatic heterocycles. The molecule has 0 radical (unpaired) electrons. The van der Waals surface area contributed by atoms with Crippen molar-refractivity contribution < 1.29 is 14.0 Å². The summed E-state index contributed by atoms with van der Waals surface area (Å²) < 4.78 is 13.8. The molecule has 2 aliphatic rings. The zero-order chi connectivity index (χ0) is 14.3. The Morgan fingerprint density at radius 1 is 1.40 bits per heavy atom. The van der Waals surface area contributed by atoms with Gasteiger partial charge in [-0.25, -0.2) is 9.18 Å². The van der Waals surface area contributed by atoms with Crippen LogP contribution in [0, 0.1) is 5.82 Å². The van der Waals surface area contributed by atoms with Gasteiger partial charge in [0.1, 0.15) is 11.4 Å². The van der Waals surface area contributed by atoms with Gasteiger partial charge in [-0.05, 0) is 40.5 Å². The summed E-state index contributed by atoms with van der Waals surface area (Å²) in [6.45, 7) is 1.20. The molecule has 20 heavy (non-hydrogen) atoms. The van der Waals surface area contributed by atoms with Crippen molar-refractivity contribution in [2.75, 3.05) is 13.1 Å². The molecule has 0 aromatic heterocycles. The molecule has 0 bridgehead atoms. The third-order valence-corrected chi connectivity index (χ3v) is 4.65. The lowest BCUT2D eigenvalue weighted by Crippen LogP contribution is -2.48. The van der Waals surface area contributed by atoms with Crippen molar-refractivity contribution in [2.45, 2.75) is 18.5 Å². The first-order chi connectivity index (χ1) is 9.53. The summed E-state index contributed by atoms with van der Waals surface area (Å²) in [5.41, 5.74) is -0.256. The van der Waals surface area contributed by atoms with Crippen molar-refractivity contribution in [1.29, 1.82) is 0 Å². The van der Waals surface area contributed by atoms with Crippen LogP contribution < -0.4 is 10.6 Å². The van der Waals surface area contributed by atoms with Gasteiger partial charge in [-0.1, -0.05) is 12.1 Å². The Balaban J connectivity index is 1.86. The van der Waals surface area contributed by atoms with Gasteiger partial charge in [0, 0.05) is 6.54 Å². The van der Waals surface area contributed by atoms with Crippen LogP contribution in [-0.4, -0.2) is 35.5 Å². The SMILES string of the molecule is O=C1NC2(CCNC2)C(=O)N1Cc1cccc(F)c1Br. The van der Waals surface area contributed by atoms with Crippen LogP contribution in [0.15, 0.2) is 22.7 Å². The molecule has 1 aromatic rings. The quantitative estimate of drug-likeness (QED) is 0.799. The zero-order valence-electron chi connectivity index (χ0n) is 10.6. The fraction of sp³-hybridized carbons (Fsp3) is 0.385. The molecule has 1 atom stereocenters. The summed E-state index contributed by atoms with van der Waals surface area (Å²) in [5, 5.41) is 5.83. The van der Waals surface area contributed by atoms with E-state index < -0.39 is 17.4 Å². The first-order valence-corrected chi connectivity index (χ1v) is 7.10. The Morgan fingerprint density at radius 2 is 2.20 bits per heavy atom. The van der Waals surface area contributed by atoms with E-state index in [1.165, 1.54) is 6.07 Å². The van der Waals surface area contributed by atoms with Crippen molar-refractivity contribution in [1.82, 2.24) is 15.5 Å². The highest BCUT2D eigenvalue weighted by molar-refractivity contribution is 9.10. The Labute approximate surface area is 123 Å². The number of urea groups is 1. The van der Waals surface area contributed by atoms with E-state index in [-0.39, 0.29) is 16.9 Å². The molecular formula is C13H13BrFN3O2. The number of carbonyl (C=O) groups excluding carboxylic acids is 2. The predicted octanol–water partition coefficient (Wildman–Crippen LogP) is 1.37. The van der Waals surface area contributed by atoms with E-state index in [0.29, 0.717) is 25.1 Å². The summed E-state index contributed by atoms with van der Waals surface area (Å²) in [5.74, 6) is -0.657. The molecule has 106 valence electrons. The van der Waals surface area contributed by atoms with E-state index in [9.17, 15) is 14.0 Å². The van der Waals surface area contributed by atoms with Gasteiger partial charge in [0.05, 0.1) is 11.0 Å². The monoisotopic (exact) mass is 341 g/mol. The number of halogens is 2. The van der Waals surface area contributed by atoms with Crippen LogP contribution in [0.1, 0.15) is 12.0 Å². The van der Waals surface area contributed by atoms with Crippen molar-refractivity contribution in [3.8, 4) is 0 Å². The van der Waals surface area contributed by atoms with Crippen LogP contribution in [0.5, 0.6) is 0 Å². The number of hydrogen-bond acceptors (Lipinski definition) is 3. The number of carbonyl (C=O) groups is 2. The molecule has 1 spiro atoms. The van der Waals surface area contributed by atoms with Crippen molar-refractivity contribution in [3.63, 3.8) is 0 Å². The topological polar surface area (TPSA) is 61.4 Å². The van der Waals surface area contributed by atoms with E-state index >= 15 is 0 Å². The molecule has 3 amide bonds. The molecule has 2 N–H and O–H groups in total. The summed E-state index contributed by atoms with van der Waals surface area (Å²) in [7, 11) is 0. The van der Waals surface area contributed by atoms with Gasteiger partial charge in [-0.3, -0.25) is 9.69 Å². The largest absolute Gasteiger partial charge is 0.325 e. The zero-order valence-corrected chi connectivity index (χ0v) is 12.2. The summed E-state index contributed by atoms with van der Waals surface area (Å²) in [6.07, 6.45) is 0.582. The summed E-state index contributed by atoms with van der Waals surface area (Å²) >= 11 is 3.15. The van der Waals surface area contributed by atoms with Gasteiger partial charge in [0.15, 0.2) is 0 Å². The molecule has 3 rings (SSSR count). The molecule has 2 heterocycles. The fourth-order valence-electron chi connectivity index (χ4n) is 2.64. The maximum absolute atomic E-state index is 13.5. The van der Waals surface area contributed by atoms with Crippen LogP contribution in [0.4, 0.5) is 9.18 Å². The van der Waals surface area contributed by atoms with Crippen LogP contribution in [0.3, 0.4) is 0 Å². The summed E-state index contributed by atoms with van der Waals surface area (Å²) in [6, 6.07) is 4.14. The summed E-state index contributed by atoms with van der Waals surface area (Å²) in [4.78, 5) is 25.6. The molecule has 0 saturated carbocycles. The third-order valence-electron chi connectivity index (χ3n) is 3.76. The lowest BCUT2D eigenvalue weighted by molar-refractivity contribution is -0.131. The Hall–Kier alpha value is -1.47. The standard InChI is InChI=1S/C13H13BrFN3O2/c14-10-8(2-1-3-9(10)15)6-18-11(19)13(17-12(18)20)4-5-16-7-13/h1-3,16H,4-7H2,(H,17,20). The normalized spacial score (nSPS) is 25.6. The molecule has 7 heteroatoms.